The minimum Gasteiger partial charge on any atom is -0.305 e. The molecule has 170 valence electrons. The summed E-state index contributed by atoms with van der Waals surface area (Å²) in [7, 11) is 0. The number of hydrogen-bond donors (Lipinski definition) is 0. The molecule has 0 aromatic heterocycles. The van der Waals surface area contributed by atoms with E-state index in [1.807, 2.05) is 36.1 Å². The number of benzene rings is 3. The Morgan fingerprint density at radius 1 is 1.00 bits per heavy atom. The van der Waals surface area contributed by atoms with Crippen LogP contribution in [0.4, 0.5) is 15.8 Å². The predicted molar refractivity (Wildman–Crippen MR) is 126 cm³/mol. The Hall–Kier alpha value is -3.58. The molecule has 1 saturated heterocycles. The van der Waals surface area contributed by atoms with Gasteiger partial charge in [0.25, 0.3) is 11.6 Å². The molecule has 3 aromatic carbocycles. The summed E-state index contributed by atoms with van der Waals surface area (Å²) in [5.41, 5.74) is 3.53. The number of likely N-dealkylation sites (tertiary alicyclic amines) is 1. The summed E-state index contributed by atoms with van der Waals surface area (Å²) in [6.07, 6.45) is 1.60. The van der Waals surface area contributed by atoms with Crippen molar-refractivity contribution >= 4 is 17.3 Å². The number of rotatable bonds is 6. The van der Waals surface area contributed by atoms with Crippen LogP contribution in [0.5, 0.6) is 0 Å². The van der Waals surface area contributed by atoms with Gasteiger partial charge in [0.05, 0.1) is 4.92 Å². The summed E-state index contributed by atoms with van der Waals surface area (Å²) >= 11 is 0. The van der Waals surface area contributed by atoms with Gasteiger partial charge in [-0.15, -0.1) is 0 Å². The van der Waals surface area contributed by atoms with Crippen LogP contribution >= 0.6 is 0 Å². The Kier molecular flexibility index (Phi) is 6.79. The summed E-state index contributed by atoms with van der Waals surface area (Å²) in [5, 5.41) is 10.9. The Labute approximate surface area is 192 Å². The lowest BCUT2D eigenvalue weighted by Gasteiger charge is -2.38. The van der Waals surface area contributed by atoms with Crippen molar-refractivity contribution < 1.29 is 14.1 Å². The fraction of sp³-hybridized carbons (Fsp3) is 0.269. The zero-order valence-corrected chi connectivity index (χ0v) is 18.5. The highest BCUT2D eigenvalue weighted by Crippen LogP contribution is 2.27. The summed E-state index contributed by atoms with van der Waals surface area (Å²) in [5.74, 6) is -0.499. The number of non-ortho nitro benzene ring substituents is 1. The van der Waals surface area contributed by atoms with Crippen LogP contribution in [0.2, 0.25) is 0 Å². The molecule has 1 heterocycles. The van der Waals surface area contributed by atoms with Crippen molar-refractivity contribution in [2.75, 3.05) is 18.0 Å². The highest BCUT2D eigenvalue weighted by molar-refractivity contribution is 6.06. The summed E-state index contributed by atoms with van der Waals surface area (Å²) in [6.45, 7) is 4.33. The molecule has 0 unspecified atom stereocenters. The fourth-order valence-corrected chi connectivity index (χ4v) is 4.25. The summed E-state index contributed by atoms with van der Waals surface area (Å²) in [4.78, 5) is 28.0. The molecule has 7 heteroatoms. The molecular formula is C26H26FN3O3. The third kappa shape index (κ3) is 5.43. The SMILES string of the molecule is Cc1ccc(N(C(=O)c2ccc(F)cc2)C2CCN(Cc3ccc([N+](=O)[O-])cc3)CC2)cc1. The maximum absolute atomic E-state index is 13.4. The molecule has 1 aliphatic heterocycles. The van der Waals surface area contributed by atoms with Gasteiger partial charge in [-0.3, -0.25) is 19.8 Å². The average molecular weight is 448 g/mol. The van der Waals surface area contributed by atoms with Crippen LogP contribution in [0.3, 0.4) is 0 Å². The first-order chi connectivity index (χ1) is 15.9. The number of piperidine rings is 1. The maximum Gasteiger partial charge on any atom is 0.269 e. The summed E-state index contributed by atoms with van der Waals surface area (Å²) < 4.78 is 13.4. The van der Waals surface area contributed by atoms with Crippen molar-refractivity contribution in [2.24, 2.45) is 0 Å². The molecule has 0 aliphatic carbocycles. The van der Waals surface area contributed by atoms with Gasteiger partial charge in [-0.25, -0.2) is 4.39 Å². The van der Waals surface area contributed by atoms with E-state index in [4.69, 9.17) is 0 Å². The van der Waals surface area contributed by atoms with Gasteiger partial charge >= 0.3 is 0 Å². The molecule has 0 spiro atoms. The smallest absolute Gasteiger partial charge is 0.269 e. The number of aryl methyl sites for hydroxylation is 1. The van der Waals surface area contributed by atoms with Crippen molar-refractivity contribution in [2.45, 2.75) is 32.4 Å². The second-order valence-electron chi connectivity index (χ2n) is 8.45. The number of nitro benzene ring substituents is 1. The fourth-order valence-electron chi connectivity index (χ4n) is 4.25. The second kappa shape index (κ2) is 9.92. The van der Waals surface area contributed by atoms with Gasteiger partial charge in [-0.2, -0.15) is 0 Å². The Bertz CT molecular complexity index is 1110. The van der Waals surface area contributed by atoms with Gasteiger partial charge < -0.3 is 4.90 Å². The van der Waals surface area contributed by atoms with E-state index >= 15 is 0 Å². The van der Waals surface area contributed by atoms with Crippen LogP contribution in [-0.2, 0) is 6.54 Å². The Morgan fingerprint density at radius 2 is 1.61 bits per heavy atom. The number of carbonyl (C=O) groups excluding carboxylic acids is 1. The molecule has 33 heavy (non-hydrogen) atoms. The van der Waals surface area contributed by atoms with Gasteiger partial charge in [0.2, 0.25) is 0 Å². The third-order valence-corrected chi connectivity index (χ3v) is 6.10. The zero-order valence-electron chi connectivity index (χ0n) is 18.5. The minimum atomic E-state index is -0.396. The number of amides is 1. The lowest BCUT2D eigenvalue weighted by atomic mass is 10.00. The van der Waals surface area contributed by atoms with Crippen molar-refractivity contribution in [1.82, 2.24) is 4.90 Å². The topological polar surface area (TPSA) is 66.7 Å². The van der Waals surface area contributed by atoms with Crippen LogP contribution in [0, 0.1) is 22.9 Å². The van der Waals surface area contributed by atoms with Crippen molar-refractivity contribution in [3.63, 3.8) is 0 Å². The van der Waals surface area contributed by atoms with Gasteiger partial charge in [0.1, 0.15) is 5.82 Å². The molecule has 1 fully saturated rings. The van der Waals surface area contributed by atoms with E-state index < -0.39 is 4.92 Å². The van der Waals surface area contributed by atoms with Gasteiger partial charge in [-0.1, -0.05) is 29.8 Å². The summed E-state index contributed by atoms with van der Waals surface area (Å²) in [6, 6.07) is 20.3. The van der Waals surface area contributed by atoms with Crippen LogP contribution in [-0.4, -0.2) is 34.9 Å². The average Bonchev–Trinajstić information content (AvgIpc) is 2.82. The van der Waals surface area contributed by atoms with E-state index in [0.717, 1.165) is 42.7 Å². The van der Waals surface area contributed by atoms with Crippen LogP contribution < -0.4 is 4.90 Å². The molecule has 6 nitrogen and oxygen atoms in total. The van der Waals surface area contributed by atoms with Crippen LogP contribution in [0.25, 0.3) is 0 Å². The first kappa shape index (κ1) is 22.6. The standard InChI is InChI=1S/C26H26FN3O3/c1-19-2-10-23(11-3-19)29(26(31)21-6-8-22(27)9-7-21)24-14-16-28(17-15-24)18-20-4-12-25(13-5-20)30(32)33/h2-13,24H,14-18H2,1H3. The maximum atomic E-state index is 13.4. The first-order valence-corrected chi connectivity index (χ1v) is 11.0. The number of nitrogens with zero attached hydrogens (tertiary/aromatic N) is 3. The highest BCUT2D eigenvalue weighted by Gasteiger charge is 2.30. The van der Waals surface area contributed by atoms with Gasteiger partial charge in [-0.05, 0) is 61.7 Å². The molecule has 0 radical (unpaired) electrons. The van der Waals surface area contributed by atoms with Crippen LogP contribution in [0.1, 0.15) is 34.3 Å². The monoisotopic (exact) mass is 447 g/mol. The number of hydrogen-bond acceptors (Lipinski definition) is 4. The predicted octanol–water partition coefficient (Wildman–Crippen LogP) is 5.35. The third-order valence-electron chi connectivity index (χ3n) is 6.10. The lowest BCUT2D eigenvalue weighted by Crippen LogP contribution is -2.47. The number of halogens is 1. The minimum absolute atomic E-state index is 0.0263. The first-order valence-electron chi connectivity index (χ1n) is 11.0. The lowest BCUT2D eigenvalue weighted by molar-refractivity contribution is -0.384. The van der Waals surface area contributed by atoms with E-state index in [-0.39, 0.29) is 23.5 Å². The number of carbonyl (C=O) groups is 1. The quantitative estimate of drug-likeness (QED) is 0.377. The molecule has 0 N–H and O–H groups in total. The largest absolute Gasteiger partial charge is 0.305 e. The van der Waals surface area contributed by atoms with Gasteiger partial charge in [0.15, 0.2) is 0 Å². The number of anilines is 1. The number of nitro groups is 1. The molecule has 1 amide bonds. The van der Waals surface area contributed by atoms with Crippen molar-refractivity contribution in [3.05, 3.63) is 105 Å². The van der Waals surface area contributed by atoms with E-state index in [1.54, 1.807) is 12.1 Å². The molecule has 4 rings (SSSR count). The molecule has 0 bridgehead atoms. The molecule has 1 aliphatic rings. The van der Waals surface area contributed by atoms with Crippen LogP contribution in [0.15, 0.2) is 72.8 Å². The Morgan fingerprint density at radius 3 is 2.18 bits per heavy atom. The molecule has 0 atom stereocenters. The molecular weight excluding hydrogens is 421 g/mol. The van der Waals surface area contributed by atoms with Crippen molar-refractivity contribution in [1.29, 1.82) is 0 Å². The normalized spacial score (nSPS) is 14.7. The zero-order chi connectivity index (χ0) is 23.4. The Balaban J connectivity index is 1.48. The second-order valence-corrected chi connectivity index (χ2v) is 8.45. The van der Waals surface area contributed by atoms with Crippen molar-refractivity contribution in [3.8, 4) is 0 Å². The molecule has 3 aromatic rings. The van der Waals surface area contributed by atoms with Gasteiger partial charge in [0, 0.05) is 49.1 Å². The van der Waals surface area contributed by atoms with E-state index in [0.29, 0.717) is 12.1 Å². The van der Waals surface area contributed by atoms with E-state index in [2.05, 4.69) is 4.90 Å². The van der Waals surface area contributed by atoms with E-state index in [9.17, 15) is 19.3 Å². The highest BCUT2D eigenvalue weighted by atomic mass is 19.1. The molecule has 0 saturated carbocycles. The van der Waals surface area contributed by atoms with E-state index in [1.165, 1.54) is 36.4 Å².